The van der Waals surface area contributed by atoms with Crippen LogP contribution in [0.5, 0.6) is 0 Å². The lowest BCUT2D eigenvalue weighted by Gasteiger charge is -2.31. The first-order valence-corrected chi connectivity index (χ1v) is 13.2. The number of ether oxygens (including phenoxy) is 2. The predicted molar refractivity (Wildman–Crippen MR) is 135 cm³/mol. The lowest BCUT2D eigenvalue weighted by atomic mass is 10.0. The molecule has 0 fully saturated rings. The van der Waals surface area contributed by atoms with Gasteiger partial charge in [0.1, 0.15) is 6.54 Å². The van der Waals surface area contributed by atoms with Crippen molar-refractivity contribution >= 4 is 5.97 Å². The molecule has 0 aliphatic rings. The minimum atomic E-state index is -1.11. The zero-order valence-electron chi connectivity index (χ0n) is 21.8. The van der Waals surface area contributed by atoms with E-state index in [2.05, 4.69) is 13.5 Å². The van der Waals surface area contributed by atoms with Gasteiger partial charge in [0.25, 0.3) is 6.29 Å². The summed E-state index contributed by atoms with van der Waals surface area (Å²) >= 11 is 0. The van der Waals surface area contributed by atoms with Gasteiger partial charge in [-0.1, -0.05) is 97.0 Å². The maximum absolute atomic E-state index is 11.5. The molecule has 0 radical (unpaired) electrons. The molecule has 0 aliphatic heterocycles. The molecule has 0 saturated carbocycles. The number of carbonyl (C=O) groups excluding carboxylic acids is 1. The monoisotopic (exact) mass is 456 g/mol. The zero-order valence-corrected chi connectivity index (χ0v) is 21.8. The summed E-state index contributed by atoms with van der Waals surface area (Å²) < 4.78 is 11.3. The van der Waals surface area contributed by atoms with Crippen LogP contribution in [0.25, 0.3) is 0 Å². The Morgan fingerprint density at radius 3 is 1.72 bits per heavy atom. The molecule has 0 heterocycles. The molecule has 0 aromatic carbocycles. The van der Waals surface area contributed by atoms with E-state index in [0.717, 1.165) is 32.6 Å². The Morgan fingerprint density at radius 2 is 1.25 bits per heavy atom. The van der Waals surface area contributed by atoms with Crippen molar-refractivity contribution in [1.29, 1.82) is 0 Å². The van der Waals surface area contributed by atoms with E-state index in [-0.39, 0.29) is 0 Å². The van der Waals surface area contributed by atoms with E-state index in [1.165, 1.54) is 83.5 Å². The zero-order chi connectivity index (χ0) is 24.1. The SMILES string of the molecule is C=C(C)C(=O)OC(O)C[N+](C)(C)CCCOCCCCCCCCCCCCCCCC. The van der Waals surface area contributed by atoms with Crippen molar-refractivity contribution in [3.63, 3.8) is 0 Å². The number of likely N-dealkylation sites (N-methyl/N-ethyl adjacent to an activating group) is 1. The fraction of sp³-hybridized carbons (Fsp3) is 0.889. The number of aliphatic hydroxyl groups excluding tert-OH is 1. The first-order chi connectivity index (χ1) is 15.3. The van der Waals surface area contributed by atoms with Crippen molar-refractivity contribution in [2.75, 3.05) is 40.4 Å². The van der Waals surface area contributed by atoms with E-state index in [1.807, 2.05) is 14.1 Å². The first kappa shape index (κ1) is 31.1. The van der Waals surface area contributed by atoms with Gasteiger partial charge in [0.2, 0.25) is 0 Å². The van der Waals surface area contributed by atoms with Crippen molar-refractivity contribution in [2.45, 2.75) is 116 Å². The quantitative estimate of drug-likeness (QED) is 0.0636. The topological polar surface area (TPSA) is 55.8 Å². The Bertz CT molecular complexity index is 465. The van der Waals surface area contributed by atoms with Crippen LogP contribution in [0.4, 0.5) is 0 Å². The molecule has 1 atom stereocenters. The van der Waals surface area contributed by atoms with Crippen molar-refractivity contribution in [2.24, 2.45) is 0 Å². The lowest BCUT2D eigenvalue weighted by molar-refractivity contribution is -0.896. The molecule has 0 aromatic rings. The fourth-order valence-electron chi connectivity index (χ4n) is 3.87. The van der Waals surface area contributed by atoms with Crippen LogP contribution in [-0.2, 0) is 14.3 Å². The van der Waals surface area contributed by atoms with Gasteiger partial charge >= 0.3 is 5.97 Å². The molecule has 0 aliphatic carbocycles. The minimum absolute atomic E-state index is 0.297. The van der Waals surface area contributed by atoms with E-state index in [4.69, 9.17) is 9.47 Å². The molecule has 0 saturated heterocycles. The summed E-state index contributed by atoms with van der Waals surface area (Å²) in [6.07, 6.45) is 19.0. The largest absolute Gasteiger partial charge is 0.426 e. The number of hydrogen-bond donors (Lipinski definition) is 1. The van der Waals surface area contributed by atoms with Crippen LogP contribution in [0, 0.1) is 0 Å². The Kier molecular flexibility index (Phi) is 20.1. The van der Waals surface area contributed by atoms with Crippen LogP contribution in [0.2, 0.25) is 0 Å². The number of quaternary nitrogens is 1. The number of aliphatic hydroxyl groups is 1. The van der Waals surface area contributed by atoms with E-state index in [0.29, 0.717) is 16.6 Å². The molecule has 32 heavy (non-hydrogen) atoms. The van der Waals surface area contributed by atoms with Crippen molar-refractivity contribution in [3.8, 4) is 0 Å². The molecule has 1 N–H and O–H groups in total. The molecule has 5 heteroatoms. The highest BCUT2D eigenvalue weighted by molar-refractivity contribution is 5.86. The highest BCUT2D eigenvalue weighted by Crippen LogP contribution is 2.13. The Morgan fingerprint density at radius 1 is 0.812 bits per heavy atom. The van der Waals surface area contributed by atoms with Crippen LogP contribution < -0.4 is 0 Å². The van der Waals surface area contributed by atoms with Crippen LogP contribution in [0.15, 0.2) is 12.2 Å². The Balaban J connectivity index is 3.41. The number of rotatable bonds is 23. The molecule has 0 rings (SSSR count). The Labute approximate surface area is 199 Å². The highest BCUT2D eigenvalue weighted by atomic mass is 16.6. The van der Waals surface area contributed by atoms with Gasteiger partial charge < -0.3 is 19.1 Å². The second kappa shape index (κ2) is 20.7. The van der Waals surface area contributed by atoms with Crippen LogP contribution in [-0.4, -0.2) is 62.2 Å². The standard InChI is InChI=1S/C27H54NO4/c1-6-7-8-9-10-11-12-13-14-15-16-17-18-19-22-31-23-20-21-28(4,5)24-26(29)32-27(30)25(2)3/h26,29H,2,6-24H2,1,3-5H3/q+1. The molecule has 0 spiro atoms. The van der Waals surface area contributed by atoms with Gasteiger partial charge in [-0.15, -0.1) is 0 Å². The number of hydrogen-bond acceptors (Lipinski definition) is 4. The maximum Gasteiger partial charge on any atom is 0.335 e. The van der Waals surface area contributed by atoms with Crippen LogP contribution in [0.3, 0.4) is 0 Å². The van der Waals surface area contributed by atoms with Gasteiger partial charge in [0.05, 0.1) is 27.2 Å². The number of carbonyl (C=O) groups is 1. The third-order valence-corrected chi connectivity index (χ3v) is 5.94. The molecule has 0 aromatic heterocycles. The highest BCUT2D eigenvalue weighted by Gasteiger charge is 2.23. The maximum atomic E-state index is 11.5. The van der Waals surface area contributed by atoms with Gasteiger partial charge in [0.15, 0.2) is 0 Å². The van der Waals surface area contributed by atoms with E-state index >= 15 is 0 Å². The molecular formula is C27H54NO4+. The summed E-state index contributed by atoms with van der Waals surface area (Å²) in [5, 5.41) is 9.92. The average Bonchev–Trinajstić information content (AvgIpc) is 2.72. The van der Waals surface area contributed by atoms with Crippen molar-refractivity contribution < 1.29 is 23.9 Å². The fourth-order valence-corrected chi connectivity index (χ4v) is 3.87. The van der Waals surface area contributed by atoms with Crippen LogP contribution >= 0.6 is 0 Å². The third kappa shape index (κ3) is 21.0. The minimum Gasteiger partial charge on any atom is -0.426 e. The molecule has 5 nitrogen and oxygen atoms in total. The third-order valence-electron chi connectivity index (χ3n) is 5.94. The van der Waals surface area contributed by atoms with E-state index in [1.54, 1.807) is 6.92 Å². The molecule has 190 valence electrons. The van der Waals surface area contributed by atoms with Gasteiger partial charge in [-0.05, 0) is 13.3 Å². The number of esters is 1. The Hall–Kier alpha value is -0.910. The normalized spacial score (nSPS) is 12.7. The summed E-state index contributed by atoms with van der Waals surface area (Å²) in [6, 6.07) is 0. The molecule has 0 amide bonds. The van der Waals surface area contributed by atoms with Gasteiger partial charge in [0, 0.05) is 18.6 Å². The van der Waals surface area contributed by atoms with Crippen molar-refractivity contribution in [3.05, 3.63) is 12.2 Å². The smallest absolute Gasteiger partial charge is 0.335 e. The molecular weight excluding hydrogens is 402 g/mol. The number of unbranched alkanes of at least 4 members (excludes halogenated alkanes) is 13. The van der Waals surface area contributed by atoms with E-state index < -0.39 is 12.3 Å². The molecule has 1 unspecified atom stereocenters. The second-order valence-electron chi connectivity index (χ2n) is 10.0. The van der Waals surface area contributed by atoms with Gasteiger partial charge in [-0.2, -0.15) is 0 Å². The predicted octanol–water partition coefficient (Wildman–Crippen LogP) is 6.39. The first-order valence-electron chi connectivity index (χ1n) is 13.2. The lowest BCUT2D eigenvalue weighted by Crippen LogP contribution is -2.47. The number of nitrogens with zero attached hydrogens (tertiary/aromatic N) is 1. The molecule has 0 bridgehead atoms. The van der Waals surface area contributed by atoms with E-state index in [9.17, 15) is 9.90 Å². The van der Waals surface area contributed by atoms with Gasteiger partial charge in [-0.3, -0.25) is 0 Å². The summed E-state index contributed by atoms with van der Waals surface area (Å²) in [6.45, 7) is 10.2. The van der Waals surface area contributed by atoms with Crippen LogP contribution in [0.1, 0.15) is 110 Å². The summed E-state index contributed by atoms with van der Waals surface area (Å²) in [4.78, 5) is 11.5. The summed E-state index contributed by atoms with van der Waals surface area (Å²) in [5.41, 5.74) is 0.297. The van der Waals surface area contributed by atoms with Crippen molar-refractivity contribution in [1.82, 2.24) is 0 Å². The average molecular weight is 457 g/mol. The second-order valence-corrected chi connectivity index (χ2v) is 10.0. The van der Waals surface area contributed by atoms with Gasteiger partial charge in [-0.25, -0.2) is 4.79 Å². The summed E-state index contributed by atoms with van der Waals surface area (Å²) in [7, 11) is 4.04. The summed E-state index contributed by atoms with van der Waals surface area (Å²) in [5.74, 6) is -0.547.